The summed E-state index contributed by atoms with van der Waals surface area (Å²) in [6, 6.07) is 0. The second-order valence-electron chi connectivity index (χ2n) is 5.25. The molecule has 1 unspecified atom stereocenters. The molecule has 0 fully saturated rings. The van der Waals surface area contributed by atoms with Crippen molar-refractivity contribution in [3.8, 4) is 0 Å². The summed E-state index contributed by atoms with van der Waals surface area (Å²) >= 11 is 0. The van der Waals surface area contributed by atoms with Gasteiger partial charge in [0.1, 0.15) is 5.82 Å². The fourth-order valence-electron chi connectivity index (χ4n) is 2.53. The molecule has 2 rings (SSSR count). The van der Waals surface area contributed by atoms with Crippen molar-refractivity contribution in [3.05, 3.63) is 23.3 Å². The third-order valence-corrected chi connectivity index (χ3v) is 3.48. The van der Waals surface area contributed by atoms with Crippen LogP contribution >= 0.6 is 0 Å². The zero-order valence-corrected chi connectivity index (χ0v) is 10.7. The first-order valence-corrected chi connectivity index (χ1v) is 6.55. The summed E-state index contributed by atoms with van der Waals surface area (Å²) in [6.45, 7) is 6.59. The molecule has 1 aromatic heterocycles. The molecular weight excluding hydrogens is 196 g/mol. The molecule has 88 valence electrons. The Kier molecular flexibility index (Phi) is 3.57. The Hall–Kier alpha value is -0.920. The van der Waals surface area contributed by atoms with Crippen molar-refractivity contribution in [1.29, 1.82) is 0 Å². The highest BCUT2D eigenvalue weighted by molar-refractivity contribution is 5.22. The standard InChI is InChI=1S/C14H22N2/c1-4-5-11-6-7-13-12(8-11)9-15-14(16-13)10(2)3/h9-11H,4-8H2,1-3H3. The van der Waals surface area contributed by atoms with Crippen molar-refractivity contribution in [2.24, 2.45) is 5.92 Å². The molecule has 0 aromatic carbocycles. The highest BCUT2D eigenvalue weighted by atomic mass is 14.9. The lowest BCUT2D eigenvalue weighted by atomic mass is 9.84. The number of fused-ring (bicyclic) bond motifs is 1. The molecule has 2 nitrogen and oxygen atoms in total. The lowest BCUT2D eigenvalue weighted by Crippen LogP contribution is -2.17. The van der Waals surface area contributed by atoms with Gasteiger partial charge in [0.2, 0.25) is 0 Å². The van der Waals surface area contributed by atoms with E-state index in [0.29, 0.717) is 5.92 Å². The third-order valence-electron chi connectivity index (χ3n) is 3.48. The fraction of sp³-hybridized carbons (Fsp3) is 0.714. The van der Waals surface area contributed by atoms with Gasteiger partial charge >= 0.3 is 0 Å². The summed E-state index contributed by atoms with van der Waals surface area (Å²) in [5.74, 6) is 2.32. The van der Waals surface area contributed by atoms with E-state index in [9.17, 15) is 0 Å². The van der Waals surface area contributed by atoms with Crippen LogP contribution in [0.3, 0.4) is 0 Å². The predicted molar refractivity (Wildman–Crippen MR) is 66.5 cm³/mol. The van der Waals surface area contributed by atoms with Gasteiger partial charge in [-0.25, -0.2) is 9.97 Å². The molecule has 0 bridgehead atoms. The van der Waals surface area contributed by atoms with E-state index in [4.69, 9.17) is 4.98 Å². The third kappa shape index (κ3) is 2.42. The molecule has 1 atom stereocenters. The molecule has 0 radical (unpaired) electrons. The first-order valence-electron chi connectivity index (χ1n) is 6.55. The lowest BCUT2D eigenvalue weighted by Gasteiger charge is -2.23. The SMILES string of the molecule is CCCC1CCc2nc(C(C)C)ncc2C1. The van der Waals surface area contributed by atoms with Crippen LogP contribution in [0, 0.1) is 5.92 Å². The van der Waals surface area contributed by atoms with Gasteiger partial charge in [-0.15, -0.1) is 0 Å². The number of hydrogen-bond donors (Lipinski definition) is 0. The van der Waals surface area contributed by atoms with E-state index in [-0.39, 0.29) is 0 Å². The van der Waals surface area contributed by atoms with Crippen molar-refractivity contribution in [2.75, 3.05) is 0 Å². The van der Waals surface area contributed by atoms with Crippen molar-refractivity contribution < 1.29 is 0 Å². The topological polar surface area (TPSA) is 25.8 Å². The normalized spacial score (nSPS) is 19.9. The maximum atomic E-state index is 4.70. The summed E-state index contributed by atoms with van der Waals surface area (Å²) in [6.07, 6.45) is 8.38. The molecule has 0 N–H and O–H groups in total. The van der Waals surface area contributed by atoms with Gasteiger partial charge in [-0.05, 0) is 30.7 Å². The average molecular weight is 218 g/mol. The van der Waals surface area contributed by atoms with E-state index in [0.717, 1.165) is 18.2 Å². The average Bonchev–Trinajstić information content (AvgIpc) is 2.28. The molecule has 0 amide bonds. The highest BCUT2D eigenvalue weighted by Crippen LogP contribution is 2.27. The van der Waals surface area contributed by atoms with Crippen LogP contribution in [0.2, 0.25) is 0 Å². The molecule has 1 aliphatic rings. The largest absolute Gasteiger partial charge is 0.241 e. The minimum atomic E-state index is 0.443. The Morgan fingerprint density at radius 1 is 1.44 bits per heavy atom. The van der Waals surface area contributed by atoms with Gasteiger partial charge in [-0.2, -0.15) is 0 Å². The van der Waals surface area contributed by atoms with E-state index in [1.54, 1.807) is 0 Å². The monoisotopic (exact) mass is 218 g/mol. The summed E-state index contributed by atoms with van der Waals surface area (Å²) in [5.41, 5.74) is 2.71. The van der Waals surface area contributed by atoms with Crippen molar-refractivity contribution in [2.45, 2.75) is 58.8 Å². The zero-order chi connectivity index (χ0) is 11.5. The van der Waals surface area contributed by atoms with Gasteiger partial charge in [0, 0.05) is 17.8 Å². The molecule has 0 saturated carbocycles. The van der Waals surface area contributed by atoms with Crippen LogP contribution in [-0.2, 0) is 12.8 Å². The minimum Gasteiger partial charge on any atom is -0.241 e. The summed E-state index contributed by atoms with van der Waals surface area (Å²) in [4.78, 5) is 9.17. The maximum Gasteiger partial charge on any atom is 0.131 e. The Bertz CT molecular complexity index is 358. The molecule has 0 saturated heterocycles. The van der Waals surface area contributed by atoms with Crippen LogP contribution in [0.15, 0.2) is 6.20 Å². The number of aryl methyl sites for hydroxylation is 1. The second kappa shape index (κ2) is 4.94. The van der Waals surface area contributed by atoms with E-state index < -0.39 is 0 Å². The molecule has 16 heavy (non-hydrogen) atoms. The van der Waals surface area contributed by atoms with Gasteiger partial charge in [-0.3, -0.25) is 0 Å². The van der Waals surface area contributed by atoms with Gasteiger partial charge in [0.15, 0.2) is 0 Å². The van der Waals surface area contributed by atoms with Crippen molar-refractivity contribution >= 4 is 0 Å². The van der Waals surface area contributed by atoms with Crippen molar-refractivity contribution in [3.63, 3.8) is 0 Å². The molecule has 1 aliphatic carbocycles. The first-order chi connectivity index (χ1) is 7.70. The zero-order valence-electron chi connectivity index (χ0n) is 10.7. The van der Waals surface area contributed by atoms with Gasteiger partial charge in [-0.1, -0.05) is 33.6 Å². The van der Waals surface area contributed by atoms with Crippen LogP contribution in [0.1, 0.15) is 63.0 Å². The summed E-state index contributed by atoms with van der Waals surface area (Å²) < 4.78 is 0. The van der Waals surface area contributed by atoms with Gasteiger partial charge in [0.05, 0.1) is 0 Å². The first kappa shape index (κ1) is 11.6. The Balaban J connectivity index is 2.15. The van der Waals surface area contributed by atoms with Crippen LogP contribution in [0.5, 0.6) is 0 Å². The Labute approximate surface area is 98.5 Å². The van der Waals surface area contributed by atoms with E-state index in [1.165, 1.54) is 36.9 Å². The fourth-order valence-corrected chi connectivity index (χ4v) is 2.53. The van der Waals surface area contributed by atoms with Crippen LogP contribution in [-0.4, -0.2) is 9.97 Å². The molecule has 2 heteroatoms. The van der Waals surface area contributed by atoms with E-state index >= 15 is 0 Å². The number of aromatic nitrogens is 2. The van der Waals surface area contributed by atoms with Crippen LogP contribution in [0.25, 0.3) is 0 Å². The molecule has 0 spiro atoms. The molecular formula is C14H22N2. The minimum absolute atomic E-state index is 0.443. The number of hydrogen-bond acceptors (Lipinski definition) is 2. The van der Waals surface area contributed by atoms with Crippen LogP contribution in [0.4, 0.5) is 0 Å². The number of rotatable bonds is 3. The maximum absolute atomic E-state index is 4.70. The van der Waals surface area contributed by atoms with E-state index in [1.807, 2.05) is 0 Å². The smallest absolute Gasteiger partial charge is 0.131 e. The summed E-state index contributed by atoms with van der Waals surface area (Å²) in [7, 11) is 0. The second-order valence-corrected chi connectivity index (χ2v) is 5.25. The molecule has 1 aromatic rings. The quantitative estimate of drug-likeness (QED) is 0.776. The molecule has 0 aliphatic heterocycles. The van der Waals surface area contributed by atoms with Gasteiger partial charge in [0.25, 0.3) is 0 Å². The Morgan fingerprint density at radius 3 is 2.94 bits per heavy atom. The van der Waals surface area contributed by atoms with Crippen molar-refractivity contribution in [1.82, 2.24) is 9.97 Å². The Morgan fingerprint density at radius 2 is 2.25 bits per heavy atom. The highest BCUT2D eigenvalue weighted by Gasteiger charge is 2.20. The number of nitrogens with zero attached hydrogens (tertiary/aromatic N) is 2. The van der Waals surface area contributed by atoms with Gasteiger partial charge < -0.3 is 0 Å². The molecule has 1 heterocycles. The predicted octanol–water partition coefficient (Wildman–Crippen LogP) is 3.51. The lowest BCUT2D eigenvalue weighted by molar-refractivity contribution is 0.416. The van der Waals surface area contributed by atoms with E-state index in [2.05, 4.69) is 32.0 Å². The van der Waals surface area contributed by atoms with Crippen LogP contribution < -0.4 is 0 Å². The summed E-state index contributed by atoms with van der Waals surface area (Å²) in [5, 5.41) is 0.